The Morgan fingerprint density at radius 1 is 1.38 bits per heavy atom. The summed E-state index contributed by atoms with van der Waals surface area (Å²) in [6.07, 6.45) is 7.12. The Kier molecular flexibility index (Phi) is 5.09. The van der Waals surface area contributed by atoms with E-state index in [4.69, 9.17) is 0 Å². The van der Waals surface area contributed by atoms with E-state index in [1.165, 1.54) is 19.4 Å². The largest absolute Gasteiger partial charge is 0.315 e. The van der Waals surface area contributed by atoms with Gasteiger partial charge in [0.25, 0.3) is 0 Å². The monoisotopic (exact) mass is 182 g/mol. The number of nitrogens with one attached hydrogen (secondary N) is 2. The molecule has 13 heavy (non-hydrogen) atoms. The summed E-state index contributed by atoms with van der Waals surface area (Å²) in [5.41, 5.74) is 0. The number of rotatable bonds is 6. The standard InChI is InChI=1S/C11H22N2/c1-3-12-8-10(2)13-9-11-6-4-5-7-11/h4-5,10-13H,3,6-9H2,1-2H3. The van der Waals surface area contributed by atoms with Gasteiger partial charge in [0.15, 0.2) is 0 Å². The van der Waals surface area contributed by atoms with Crippen LogP contribution < -0.4 is 10.6 Å². The lowest BCUT2D eigenvalue weighted by Gasteiger charge is -2.17. The molecule has 0 amide bonds. The zero-order chi connectivity index (χ0) is 9.52. The molecule has 1 aliphatic carbocycles. The Bertz CT molecular complexity index is 146. The van der Waals surface area contributed by atoms with Crippen LogP contribution in [0.25, 0.3) is 0 Å². The summed E-state index contributed by atoms with van der Waals surface area (Å²) in [7, 11) is 0. The van der Waals surface area contributed by atoms with Crippen molar-refractivity contribution >= 4 is 0 Å². The lowest BCUT2D eigenvalue weighted by molar-refractivity contribution is 0.440. The number of allylic oxidation sites excluding steroid dienone is 2. The first-order valence-electron chi connectivity index (χ1n) is 5.42. The Morgan fingerprint density at radius 2 is 2.08 bits per heavy atom. The van der Waals surface area contributed by atoms with Crippen LogP contribution >= 0.6 is 0 Å². The molecule has 2 nitrogen and oxygen atoms in total. The van der Waals surface area contributed by atoms with Gasteiger partial charge in [0.1, 0.15) is 0 Å². The minimum absolute atomic E-state index is 0.598. The normalized spacial score (nSPS) is 19.5. The number of likely N-dealkylation sites (N-methyl/N-ethyl adjacent to an activating group) is 1. The van der Waals surface area contributed by atoms with E-state index in [9.17, 15) is 0 Å². The van der Waals surface area contributed by atoms with Crippen LogP contribution in [0.4, 0.5) is 0 Å². The van der Waals surface area contributed by atoms with Crippen molar-refractivity contribution in [3.63, 3.8) is 0 Å². The van der Waals surface area contributed by atoms with Crippen molar-refractivity contribution in [1.29, 1.82) is 0 Å². The van der Waals surface area contributed by atoms with Crippen LogP contribution in [0.1, 0.15) is 26.7 Å². The molecule has 0 aromatic carbocycles. The molecular formula is C11H22N2. The predicted octanol–water partition coefficient (Wildman–Crippen LogP) is 1.54. The fourth-order valence-electron chi connectivity index (χ4n) is 1.64. The smallest absolute Gasteiger partial charge is 0.0164 e. The van der Waals surface area contributed by atoms with E-state index < -0.39 is 0 Å². The molecule has 0 aliphatic heterocycles. The van der Waals surface area contributed by atoms with Crippen LogP contribution in [0.15, 0.2) is 12.2 Å². The summed E-state index contributed by atoms with van der Waals surface area (Å²) in [5, 5.41) is 6.90. The third kappa shape index (κ3) is 4.44. The van der Waals surface area contributed by atoms with Gasteiger partial charge in [0.05, 0.1) is 0 Å². The first kappa shape index (κ1) is 10.7. The average molecular weight is 182 g/mol. The van der Waals surface area contributed by atoms with E-state index >= 15 is 0 Å². The Balaban J connectivity index is 1.97. The SMILES string of the molecule is CCNCC(C)NCC1CC=CC1. The van der Waals surface area contributed by atoms with Crippen LogP contribution in [0, 0.1) is 5.92 Å². The van der Waals surface area contributed by atoms with Gasteiger partial charge in [-0.3, -0.25) is 0 Å². The van der Waals surface area contributed by atoms with Gasteiger partial charge in [-0.15, -0.1) is 0 Å². The molecule has 0 aromatic rings. The van der Waals surface area contributed by atoms with Crippen LogP contribution in [-0.2, 0) is 0 Å². The molecule has 2 heteroatoms. The van der Waals surface area contributed by atoms with E-state index in [1.807, 2.05) is 0 Å². The summed E-state index contributed by atoms with van der Waals surface area (Å²) < 4.78 is 0. The van der Waals surface area contributed by atoms with Crippen molar-refractivity contribution in [2.75, 3.05) is 19.6 Å². The topological polar surface area (TPSA) is 24.1 Å². The van der Waals surface area contributed by atoms with Crippen molar-refractivity contribution in [3.05, 3.63) is 12.2 Å². The molecule has 0 aromatic heterocycles. The lowest BCUT2D eigenvalue weighted by Crippen LogP contribution is -2.38. The van der Waals surface area contributed by atoms with Crippen LogP contribution in [0.2, 0.25) is 0 Å². The third-order valence-electron chi connectivity index (χ3n) is 2.56. The van der Waals surface area contributed by atoms with E-state index in [0.29, 0.717) is 6.04 Å². The minimum atomic E-state index is 0.598. The summed E-state index contributed by atoms with van der Waals surface area (Å²) in [6, 6.07) is 0.598. The summed E-state index contributed by atoms with van der Waals surface area (Å²) in [5.74, 6) is 0.851. The molecular weight excluding hydrogens is 160 g/mol. The third-order valence-corrected chi connectivity index (χ3v) is 2.56. The maximum atomic E-state index is 3.56. The van der Waals surface area contributed by atoms with Crippen molar-refractivity contribution in [2.24, 2.45) is 5.92 Å². The average Bonchev–Trinajstić information content (AvgIpc) is 2.64. The molecule has 0 fully saturated rings. The Labute approximate surface area is 81.8 Å². The zero-order valence-corrected chi connectivity index (χ0v) is 8.84. The van der Waals surface area contributed by atoms with E-state index in [0.717, 1.165) is 19.0 Å². The van der Waals surface area contributed by atoms with Gasteiger partial charge < -0.3 is 10.6 Å². The molecule has 0 radical (unpaired) electrons. The predicted molar refractivity (Wildman–Crippen MR) is 57.9 cm³/mol. The zero-order valence-electron chi connectivity index (χ0n) is 8.84. The van der Waals surface area contributed by atoms with Gasteiger partial charge in [-0.25, -0.2) is 0 Å². The highest BCUT2D eigenvalue weighted by atomic mass is 15.0. The molecule has 1 rings (SSSR count). The number of hydrogen-bond acceptors (Lipinski definition) is 2. The van der Waals surface area contributed by atoms with Gasteiger partial charge in [-0.05, 0) is 38.8 Å². The second-order valence-corrected chi connectivity index (χ2v) is 3.93. The van der Waals surface area contributed by atoms with E-state index in [2.05, 4.69) is 36.6 Å². The second-order valence-electron chi connectivity index (χ2n) is 3.93. The molecule has 0 spiro atoms. The lowest BCUT2D eigenvalue weighted by atomic mass is 10.1. The van der Waals surface area contributed by atoms with Gasteiger partial charge in [-0.2, -0.15) is 0 Å². The highest BCUT2D eigenvalue weighted by Crippen LogP contribution is 2.16. The van der Waals surface area contributed by atoms with E-state index in [1.54, 1.807) is 0 Å². The van der Waals surface area contributed by atoms with Crippen molar-refractivity contribution < 1.29 is 0 Å². The molecule has 1 atom stereocenters. The Hall–Kier alpha value is -0.340. The minimum Gasteiger partial charge on any atom is -0.315 e. The molecule has 76 valence electrons. The highest BCUT2D eigenvalue weighted by molar-refractivity contribution is 4.94. The molecule has 0 saturated carbocycles. The maximum Gasteiger partial charge on any atom is 0.0164 e. The van der Waals surface area contributed by atoms with Gasteiger partial charge in [-0.1, -0.05) is 19.1 Å². The van der Waals surface area contributed by atoms with Gasteiger partial charge in [0.2, 0.25) is 0 Å². The van der Waals surface area contributed by atoms with Crippen LogP contribution in [-0.4, -0.2) is 25.7 Å². The first-order valence-corrected chi connectivity index (χ1v) is 5.42. The van der Waals surface area contributed by atoms with E-state index in [-0.39, 0.29) is 0 Å². The quantitative estimate of drug-likeness (QED) is 0.609. The second kappa shape index (κ2) is 6.17. The first-order chi connectivity index (χ1) is 6.33. The fraction of sp³-hybridized carbons (Fsp3) is 0.818. The van der Waals surface area contributed by atoms with Gasteiger partial charge in [0, 0.05) is 12.6 Å². The maximum absolute atomic E-state index is 3.56. The van der Waals surface area contributed by atoms with Crippen LogP contribution in [0.3, 0.4) is 0 Å². The Morgan fingerprint density at radius 3 is 2.69 bits per heavy atom. The van der Waals surface area contributed by atoms with Crippen molar-refractivity contribution in [3.8, 4) is 0 Å². The summed E-state index contributed by atoms with van der Waals surface area (Å²) >= 11 is 0. The summed E-state index contributed by atoms with van der Waals surface area (Å²) in [4.78, 5) is 0. The molecule has 0 bridgehead atoms. The van der Waals surface area contributed by atoms with Gasteiger partial charge >= 0.3 is 0 Å². The molecule has 0 heterocycles. The molecule has 0 saturated heterocycles. The highest BCUT2D eigenvalue weighted by Gasteiger charge is 2.10. The molecule has 1 unspecified atom stereocenters. The fourth-order valence-corrected chi connectivity index (χ4v) is 1.64. The molecule has 2 N–H and O–H groups in total. The van der Waals surface area contributed by atoms with Crippen LogP contribution in [0.5, 0.6) is 0 Å². The molecule has 1 aliphatic rings. The van der Waals surface area contributed by atoms with Crippen molar-refractivity contribution in [1.82, 2.24) is 10.6 Å². The van der Waals surface area contributed by atoms with Crippen molar-refractivity contribution in [2.45, 2.75) is 32.7 Å². The summed E-state index contributed by atoms with van der Waals surface area (Å²) in [6.45, 7) is 7.70. The number of hydrogen-bond donors (Lipinski definition) is 2.